The Labute approximate surface area is 257 Å². The monoisotopic (exact) mass is 615 g/mol. The Bertz CT molecular complexity index is 1400. The third-order valence-corrected chi connectivity index (χ3v) is 9.08. The topological polar surface area (TPSA) is 107 Å². The normalized spacial score (nSPS) is 29.3. The molecule has 3 heterocycles. The predicted molar refractivity (Wildman–Crippen MR) is 160 cm³/mol. The van der Waals surface area contributed by atoms with Gasteiger partial charge < -0.3 is 29.2 Å². The molecule has 2 fully saturated rings. The minimum absolute atomic E-state index is 0.0293. The van der Waals surface area contributed by atoms with Gasteiger partial charge in [0, 0.05) is 23.8 Å². The van der Waals surface area contributed by atoms with Crippen LogP contribution < -0.4 is 14.8 Å². The number of hydrogen-bond acceptors (Lipinski definition) is 7. The number of nitrogens with zero attached hydrogens (tertiary/aromatic N) is 2. The number of aromatic nitrogens is 1. The highest BCUT2D eigenvalue weighted by molar-refractivity contribution is 5.89. The quantitative estimate of drug-likeness (QED) is 0.420. The summed E-state index contributed by atoms with van der Waals surface area (Å²) in [7, 11) is 0. The first-order valence-electron chi connectivity index (χ1n) is 15.7. The second-order valence-electron chi connectivity index (χ2n) is 13.3. The molecule has 3 aliphatic rings. The number of fused-ring (bicyclic) bond motifs is 5. The van der Waals surface area contributed by atoms with E-state index in [1.807, 2.05) is 34.6 Å². The van der Waals surface area contributed by atoms with Crippen LogP contribution in [0.25, 0.3) is 10.9 Å². The lowest BCUT2D eigenvalue weighted by Crippen LogP contribution is -2.56. The van der Waals surface area contributed by atoms with Crippen LogP contribution in [0.3, 0.4) is 0 Å². The van der Waals surface area contributed by atoms with Gasteiger partial charge in [-0.3, -0.25) is 4.79 Å². The van der Waals surface area contributed by atoms with Crippen molar-refractivity contribution >= 4 is 29.2 Å². The largest absolute Gasteiger partial charge is 0.494 e. The zero-order valence-corrected chi connectivity index (χ0v) is 26.1. The van der Waals surface area contributed by atoms with Crippen molar-refractivity contribution in [3.05, 3.63) is 29.8 Å². The van der Waals surface area contributed by atoms with Crippen LogP contribution in [0, 0.1) is 17.3 Å². The van der Waals surface area contributed by atoms with E-state index >= 15 is 8.78 Å². The minimum atomic E-state index is -3.24. The Morgan fingerprint density at radius 2 is 1.91 bits per heavy atom. The van der Waals surface area contributed by atoms with Crippen molar-refractivity contribution in [1.29, 1.82) is 0 Å². The third-order valence-electron chi connectivity index (χ3n) is 9.08. The Morgan fingerprint density at radius 3 is 2.59 bits per heavy atom. The molecule has 240 valence electrons. The summed E-state index contributed by atoms with van der Waals surface area (Å²) in [5.41, 5.74) is -0.583. The van der Waals surface area contributed by atoms with Gasteiger partial charge >= 0.3 is 6.09 Å². The van der Waals surface area contributed by atoms with Gasteiger partial charge in [0.05, 0.1) is 30.3 Å². The van der Waals surface area contributed by atoms with Gasteiger partial charge in [0.15, 0.2) is 0 Å². The molecule has 1 N–H and O–H groups in total. The van der Waals surface area contributed by atoms with E-state index in [0.29, 0.717) is 55.2 Å². The first-order chi connectivity index (χ1) is 20.9. The average Bonchev–Trinajstić information content (AvgIpc) is 3.60. The number of aldehydes is 1. The zero-order valence-electron chi connectivity index (χ0n) is 26.1. The molecule has 1 saturated carbocycles. The molecule has 44 heavy (non-hydrogen) atoms. The van der Waals surface area contributed by atoms with Gasteiger partial charge in [-0.1, -0.05) is 34.1 Å². The first-order valence-corrected chi connectivity index (χ1v) is 15.7. The maximum absolute atomic E-state index is 16.0. The van der Waals surface area contributed by atoms with Gasteiger partial charge in [0.2, 0.25) is 11.8 Å². The van der Waals surface area contributed by atoms with E-state index in [4.69, 9.17) is 14.2 Å². The number of pyridine rings is 1. The fourth-order valence-corrected chi connectivity index (χ4v) is 6.48. The third kappa shape index (κ3) is 6.61. The molecule has 0 spiro atoms. The summed E-state index contributed by atoms with van der Waals surface area (Å²) in [6, 6.07) is 4.69. The molecule has 1 aliphatic carbocycles. The van der Waals surface area contributed by atoms with Crippen LogP contribution in [-0.4, -0.2) is 65.6 Å². The van der Waals surface area contributed by atoms with E-state index in [0.717, 1.165) is 0 Å². The van der Waals surface area contributed by atoms with E-state index in [2.05, 4.69) is 10.3 Å². The van der Waals surface area contributed by atoms with Gasteiger partial charge in [-0.15, -0.1) is 0 Å². The molecule has 2 aliphatic heterocycles. The predicted octanol–water partition coefficient (Wildman–Crippen LogP) is 6.01. The molecule has 0 unspecified atom stereocenters. The molecule has 5 rings (SSSR count). The van der Waals surface area contributed by atoms with Crippen LogP contribution in [0.15, 0.2) is 24.3 Å². The SMILES string of the molecule is CCOc1ccc2cc3c(nc2c1)O[C@H]1CN(C(=O)[C@H](C(C)(C)C)NC(=O)O[C@@H]2C[C@H]2CCCCC3(F)F)[C@H](C=O)[C@@H]1CC. The number of ether oxygens (including phenoxy) is 3. The first kappa shape index (κ1) is 31.9. The van der Waals surface area contributed by atoms with E-state index < -0.39 is 53.9 Å². The number of alkyl carbamates (subject to hydrolysis) is 1. The molecule has 1 saturated heterocycles. The number of rotatable bonds is 4. The second-order valence-corrected chi connectivity index (χ2v) is 13.3. The van der Waals surface area contributed by atoms with E-state index in [1.54, 1.807) is 18.2 Å². The van der Waals surface area contributed by atoms with E-state index in [9.17, 15) is 14.4 Å². The van der Waals surface area contributed by atoms with Crippen LogP contribution in [0.4, 0.5) is 13.6 Å². The maximum atomic E-state index is 16.0. The van der Waals surface area contributed by atoms with Crippen molar-refractivity contribution in [2.75, 3.05) is 13.2 Å². The fraction of sp³-hybridized carbons (Fsp3) is 0.636. The second kappa shape index (κ2) is 12.5. The van der Waals surface area contributed by atoms with Gasteiger partial charge in [-0.2, -0.15) is 0 Å². The van der Waals surface area contributed by atoms with Crippen molar-refractivity contribution in [1.82, 2.24) is 15.2 Å². The summed E-state index contributed by atoms with van der Waals surface area (Å²) < 4.78 is 49.5. The van der Waals surface area contributed by atoms with Crippen molar-refractivity contribution in [2.24, 2.45) is 17.3 Å². The highest BCUT2D eigenvalue weighted by atomic mass is 19.3. The van der Waals surface area contributed by atoms with Gasteiger partial charge in [-0.25, -0.2) is 18.6 Å². The Kier molecular flexibility index (Phi) is 9.05. The maximum Gasteiger partial charge on any atom is 0.408 e. The Hall–Kier alpha value is -3.50. The summed E-state index contributed by atoms with van der Waals surface area (Å²) >= 11 is 0. The summed E-state index contributed by atoms with van der Waals surface area (Å²) in [6.45, 7) is 9.59. The number of hydrogen-bond donors (Lipinski definition) is 1. The lowest BCUT2D eigenvalue weighted by Gasteiger charge is -2.34. The van der Waals surface area contributed by atoms with Crippen molar-refractivity contribution in [2.45, 2.75) is 103 Å². The molecule has 0 radical (unpaired) electrons. The lowest BCUT2D eigenvalue weighted by molar-refractivity contribution is -0.139. The summed E-state index contributed by atoms with van der Waals surface area (Å²) in [5.74, 6) is -3.73. The number of carbonyl (C=O) groups excluding carboxylic acids is 3. The van der Waals surface area contributed by atoms with Crippen LogP contribution in [0.1, 0.15) is 78.7 Å². The highest BCUT2D eigenvalue weighted by Crippen LogP contribution is 2.44. The molecule has 6 atom stereocenters. The molecule has 1 aromatic heterocycles. The van der Waals surface area contributed by atoms with E-state index in [1.165, 1.54) is 11.0 Å². The van der Waals surface area contributed by atoms with E-state index in [-0.39, 0.29) is 36.4 Å². The van der Waals surface area contributed by atoms with Crippen molar-refractivity contribution in [3.8, 4) is 11.6 Å². The average molecular weight is 616 g/mol. The van der Waals surface area contributed by atoms with Crippen LogP contribution >= 0.6 is 0 Å². The number of alkyl halides is 2. The molecular formula is C33H43F2N3O6. The number of halogens is 2. The smallest absolute Gasteiger partial charge is 0.408 e. The number of benzene rings is 1. The molecular weight excluding hydrogens is 572 g/mol. The van der Waals surface area contributed by atoms with Crippen LogP contribution in [0.5, 0.6) is 11.6 Å². The Morgan fingerprint density at radius 1 is 1.14 bits per heavy atom. The number of amides is 2. The molecule has 2 aromatic rings. The van der Waals surface area contributed by atoms with Crippen LogP contribution in [-0.2, 0) is 20.2 Å². The lowest BCUT2D eigenvalue weighted by atomic mass is 9.85. The standard InChI is InChI=1S/C33H43F2N3O6/c1-6-22-25(18-39)38-17-27(22)43-29-23(14-19-11-12-21(42-7-2)16-24(19)36-29)33(34,35)13-9-8-10-20-15-26(20)44-31(41)37-28(30(38)40)32(3,4)5/h11-12,14,16,18,20,22,25-28H,6-10,13,15,17H2,1-5H3,(H,37,41)/t20-,22+,25-,26-,27+,28-/m1/s1. The van der Waals surface area contributed by atoms with Crippen LogP contribution in [0.2, 0.25) is 0 Å². The number of carbonyl (C=O) groups is 3. The van der Waals surface area contributed by atoms with Gasteiger partial charge in [0.1, 0.15) is 30.3 Å². The van der Waals surface area contributed by atoms with Crippen molar-refractivity contribution in [3.63, 3.8) is 0 Å². The van der Waals surface area contributed by atoms with Crippen molar-refractivity contribution < 1.29 is 37.4 Å². The zero-order chi connectivity index (χ0) is 31.8. The van der Waals surface area contributed by atoms with Gasteiger partial charge in [-0.05, 0) is 62.1 Å². The summed E-state index contributed by atoms with van der Waals surface area (Å²) in [6.07, 6.45) is 1.10. The summed E-state index contributed by atoms with van der Waals surface area (Å²) in [5, 5.41) is 3.29. The molecule has 11 heteroatoms. The molecule has 1 aromatic carbocycles. The van der Waals surface area contributed by atoms with Gasteiger partial charge in [0.25, 0.3) is 5.92 Å². The molecule has 2 amide bonds. The molecule has 2 bridgehead atoms. The highest BCUT2D eigenvalue weighted by Gasteiger charge is 2.49. The number of nitrogens with one attached hydrogen (secondary N) is 1. The molecule has 9 nitrogen and oxygen atoms in total. The fourth-order valence-electron chi connectivity index (χ4n) is 6.48. The minimum Gasteiger partial charge on any atom is -0.494 e. The Balaban J connectivity index is 1.57. The summed E-state index contributed by atoms with van der Waals surface area (Å²) in [4.78, 5) is 45.3.